The van der Waals surface area contributed by atoms with Crippen LogP contribution in [0.25, 0.3) is 0 Å². The van der Waals surface area contributed by atoms with E-state index in [-0.39, 0.29) is 18.3 Å². The van der Waals surface area contributed by atoms with Crippen LogP contribution in [0, 0.1) is 6.92 Å². The molecule has 0 bridgehead atoms. The highest BCUT2D eigenvalue weighted by atomic mass is 35.5. The van der Waals surface area contributed by atoms with E-state index >= 15 is 0 Å². The molecule has 22 heavy (non-hydrogen) atoms. The summed E-state index contributed by atoms with van der Waals surface area (Å²) < 4.78 is 0. The van der Waals surface area contributed by atoms with Crippen LogP contribution in [0.1, 0.15) is 11.3 Å². The third-order valence-corrected chi connectivity index (χ3v) is 4.89. The van der Waals surface area contributed by atoms with Gasteiger partial charge in [0.2, 0.25) is 5.28 Å². The number of rotatable bonds is 6. The standard InChI is InChI=1S/C8H8B10Cl2N2/c1-4-6(7(19)22-8(20)21-4)2-5-3-14(5)18(16(11)12)17(13)15(9)10/h5H,2-3H2,1H3. The summed E-state index contributed by atoms with van der Waals surface area (Å²) in [5.41, 5.74) is 1.68. The number of nitrogens with zero attached hydrogens (tertiary/aromatic N) is 2. The lowest BCUT2D eigenvalue weighted by atomic mass is 8.57. The van der Waals surface area contributed by atoms with Crippen molar-refractivity contribution in [3.05, 3.63) is 21.7 Å². The van der Waals surface area contributed by atoms with E-state index in [0.717, 1.165) is 24.0 Å². The predicted molar refractivity (Wildman–Crippen MR) is 107 cm³/mol. The Kier molecular flexibility index (Phi) is 6.33. The molecule has 2 nitrogen and oxygen atoms in total. The van der Waals surface area contributed by atoms with E-state index in [0.29, 0.717) is 11.0 Å². The van der Waals surface area contributed by atoms with Gasteiger partial charge in [0.25, 0.3) is 0 Å². The molecule has 1 unspecified atom stereocenters. The largest absolute Gasteiger partial charge is 0.224 e. The lowest BCUT2D eigenvalue weighted by Gasteiger charge is -2.25. The summed E-state index contributed by atoms with van der Waals surface area (Å²) in [7, 11) is 29.2. The Morgan fingerprint density at radius 1 is 1.14 bits per heavy atom. The monoisotopic (exact) mass is 312 g/mol. The molecule has 0 aromatic carbocycles. The zero-order valence-corrected chi connectivity index (χ0v) is 13.9. The summed E-state index contributed by atoms with van der Waals surface area (Å²) in [6.45, 7) is 2.13. The van der Waals surface area contributed by atoms with Gasteiger partial charge in [0, 0.05) is 75.5 Å². The maximum atomic E-state index is 6.16. The van der Waals surface area contributed by atoms with Gasteiger partial charge >= 0.3 is 0 Å². The minimum atomic E-state index is -0.648. The molecule has 0 spiro atoms. The third kappa shape index (κ3) is 4.23. The van der Waals surface area contributed by atoms with Gasteiger partial charge in [-0.15, -0.1) is 0 Å². The number of aryl methyl sites for hydroxylation is 1. The molecular formula is C8H8B10Cl2N2. The van der Waals surface area contributed by atoms with E-state index < -0.39 is 19.2 Å². The lowest BCUT2D eigenvalue weighted by Crippen LogP contribution is -2.63. The van der Waals surface area contributed by atoms with Gasteiger partial charge in [0.15, 0.2) is 0 Å². The predicted octanol–water partition coefficient (Wildman–Crippen LogP) is -0.868. The zero-order chi connectivity index (χ0) is 16.6. The Morgan fingerprint density at radius 3 is 2.27 bits per heavy atom. The highest BCUT2D eigenvalue weighted by molar-refractivity contribution is 8.01. The van der Waals surface area contributed by atoms with Crippen molar-refractivity contribution in [2.24, 2.45) is 0 Å². The first kappa shape index (κ1) is 18.6. The Labute approximate surface area is 151 Å². The molecule has 1 fully saturated rings. The Balaban J connectivity index is 2.09. The average molecular weight is 311 g/mol. The first-order valence-electron chi connectivity index (χ1n) is 7.18. The van der Waals surface area contributed by atoms with E-state index in [1.807, 2.05) is 6.92 Å². The fourth-order valence-electron chi connectivity index (χ4n) is 3.08. The molecule has 1 atom stereocenters. The van der Waals surface area contributed by atoms with Crippen molar-refractivity contribution in [1.29, 1.82) is 0 Å². The first-order valence-corrected chi connectivity index (χ1v) is 7.94. The van der Waals surface area contributed by atoms with Gasteiger partial charge in [0.05, 0.1) is 6.60 Å². The summed E-state index contributed by atoms with van der Waals surface area (Å²) in [5.74, 6) is 0.366. The van der Waals surface area contributed by atoms with Gasteiger partial charge in [-0.05, 0) is 24.9 Å². The number of halogens is 2. The molecule has 1 aromatic heterocycles. The van der Waals surface area contributed by atoms with Gasteiger partial charge < -0.3 is 0 Å². The molecule has 1 aliphatic heterocycles. The number of aromatic nitrogens is 2. The van der Waals surface area contributed by atoms with Crippen molar-refractivity contribution in [2.45, 2.75) is 25.5 Å². The van der Waals surface area contributed by atoms with Gasteiger partial charge in [-0.25, -0.2) is 9.97 Å². The molecule has 94 valence electrons. The molecule has 2 rings (SSSR count). The van der Waals surface area contributed by atoms with E-state index in [2.05, 4.69) is 9.97 Å². The molecule has 10 radical (unpaired) electrons. The average Bonchev–Trinajstić information content (AvgIpc) is 3.12. The molecule has 0 amide bonds. The quantitative estimate of drug-likeness (QED) is 0.388. The zero-order valence-electron chi connectivity index (χ0n) is 12.4. The summed E-state index contributed by atoms with van der Waals surface area (Å²) in [6.07, 6.45) is -0.0793. The third-order valence-electron chi connectivity index (χ3n) is 4.41. The fraction of sp³-hybridized carbons (Fsp3) is 0.500. The molecule has 0 saturated carbocycles. The minimum Gasteiger partial charge on any atom is -0.223 e. The highest BCUT2D eigenvalue weighted by Gasteiger charge is 2.49. The normalized spacial score (nSPS) is 16.3. The Hall–Kier alpha value is 0.309. The van der Waals surface area contributed by atoms with E-state index in [4.69, 9.17) is 61.9 Å². The van der Waals surface area contributed by atoms with Crippen LogP contribution in [0.3, 0.4) is 0 Å². The van der Waals surface area contributed by atoms with Crippen LogP contribution in [-0.2, 0) is 6.42 Å². The molecule has 2 heterocycles. The van der Waals surface area contributed by atoms with Crippen LogP contribution in [0.5, 0.6) is 0 Å². The van der Waals surface area contributed by atoms with Crippen molar-refractivity contribution in [1.82, 2.24) is 9.97 Å². The SMILES string of the molecule is [B]B([B])B([B])B(B([B])[B])B1CC1Cc1c(C)nc(Cl)nc1Cl. The summed E-state index contributed by atoms with van der Waals surface area (Å²) in [5, 5.41) is 0.535. The Bertz CT molecular complexity index is 523. The van der Waals surface area contributed by atoms with E-state index in [9.17, 15) is 0 Å². The minimum absolute atomic E-state index is 0.127. The van der Waals surface area contributed by atoms with E-state index in [1.165, 1.54) is 0 Å². The molecule has 1 aliphatic rings. The van der Waals surface area contributed by atoms with Gasteiger partial charge in [-0.3, -0.25) is 0 Å². The topological polar surface area (TPSA) is 25.8 Å². The second kappa shape index (κ2) is 7.47. The molecule has 1 aromatic rings. The maximum absolute atomic E-state index is 6.16. The number of hydrogen-bond donors (Lipinski definition) is 0. The summed E-state index contributed by atoms with van der Waals surface area (Å²) >= 11 is 11.9. The van der Waals surface area contributed by atoms with Crippen LogP contribution in [0.2, 0.25) is 22.6 Å². The first-order chi connectivity index (χ1) is 10.2. The van der Waals surface area contributed by atoms with Crippen LogP contribution in [0.15, 0.2) is 0 Å². The second-order valence-corrected chi connectivity index (χ2v) is 6.72. The van der Waals surface area contributed by atoms with Crippen molar-refractivity contribution in [3.8, 4) is 0 Å². The van der Waals surface area contributed by atoms with Crippen LogP contribution in [-0.4, -0.2) is 80.8 Å². The molecule has 0 aliphatic carbocycles. The smallest absolute Gasteiger partial charge is 0.223 e. The maximum Gasteiger partial charge on any atom is 0.224 e. The molecule has 1 saturated heterocycles. The van der Waals surface area contributed by atoms with E-state index in [1.54, 1.807) is 0 Å². The molecule has 14 heteroatoms. The van der Waals surface area contributed by atoms with Gasteiger partial charge in [0.1, 0.15) is 5.15 Å². The second-order valence-electron chi connectivity index (χ2n) is 6.02. The summed E-state index contributed by atoms with van der Waals surface area (Å²) in [4.78, 5) is 8.13. The summed E-state index contributed by atoms with van der Waals surface area (Å²) in [6, 6.07) is 0. The molecule has 0 N–H and O–H groups in total. The van der Waals surface area contributed by atoms with Gasteiger partial charge in [-0.2, -0.15) is 0 Å². The van der Waals surface area contributed by atoms with Crippen molar-refractivity contribution >= 4 is 94.0 Å². The fourth-order valence-corrected chi connectivity index (χ4v) is 3.63. The van der Waals surface area contributed by atoms with Crippen LogP contribution < -0.4 is 0 Å². The van der Waals surface area contributed by atoms with Crippen molar-refractivity contribution < 1.29 is 0 Å². The molecular weight excluding hydrogens is 303 g/mol. The Morgan fingerprint density at radius 2 is 1.77 bits per heavy atom. The highest BCUT2D eigenvalue weighted by Crippen LogP contribution is 2.43. The van der Waals surface area contributed by atoms with Crippen molar-refractivity contribution in [2.75, 3.05) is 0 Å². The van der Waals surface area contributed by atoms with Crippen LogP contribution >= 0.6 is 23.2 Å². The van der Waals surface area contributed by atoms with Gasteiger partial charge in [-0.1, -0.05) is 23.7 Å². The number of hydrogen-bond acceptors (Lipinski definition) is 2. The van der Waals surface area contributed by atoms with Crippen LogP contribution in [0.4, 0.5) is 0 Å². The van der Waals surface area contributed by atoms with Crippen molar-refractivity contribution in [3.63, 3.8) is 0 Å². The lowest BCUT2D eigenvalue weighted by molar-refractivity contribution is 0.935.